The van der Waals surface area contributed by atoms with Gasteiger partial charge >= 0.3 is 5.16 Å². The third-order valence-electron chi connectivity index (χ3n) is 3.90. The highest BCUT2D eigenvalue weighted by Gasteiger charge is 2.13. The fourth-order valence-corrected chi connectivity index (χ4v) is 3.01. The molecular weight excluding hydrogens is 278 g/mol. The molecule has 0 aliphatic carbocycles. The van der Waals surface area contributed by atoms with Gasteiger partial charge in [0.05, 0.1) is 7.05 Å². The van der Waals surface area contributed by atoms with Crippen LogP contribution in [0.1, 0.15) is 64.0 Å². The summed E-state index contributed by atoms with van der Waals surface area (Å²) in [6.07, 6.45) is 13.0. The Balaban J connectivity index is 2.17. The van der Waals surface area contributed by atoms with E-state index in [9.17, 15) is 0 Å². The molecule has 0 atom stereocenters. The highest BCUT2D eigenvalue weighted by atomic mass is 32.2. The van der Waals surface area contributed by atoms with E-state index in [0.717, 1.165) is 17.5 Å². The Bertz CT molecular complexity index is 407. The molecule has 0 bridgehead atoms. The highest BCUT2D eigenvalue weighted by Crippen LogP contribution is 2.12. The van der Waals surface area contributed by atoms with Crippen molar-refractivity contribution in [2.75, 3.05) is 18.1 Å². The minimum absolute atomic E-state index is 1.01. The summed E-state index contributed by atoms with van der Waals surface area (Å²) in [6.45, 7) is 5.43. The molecule has 0 fully saturated rings. The molecule has 1 rings (SSSR count). The number of anilines is 1. The molecule has 0 saturated heterocycles. The van der Waals surface area contributed by atoms with E-state index in [1.54, 1.807) is 11.8 Å². The number of hydrogen-bond acceptors (Lipinski definition) is 3. The summed E-state index contributed by atoms with van der Waals surface area (Å²) in [5.41, 5.74) is 1.24. The number of rotatable bonds is 11. The van der Waals surface area contributed by atoms with E-state index in [0.29, 0.717) is 0 Å². The summed E-state index contributed by atoms with van der Waals surface area (Å²) >= 11 is 1.69. The zero-order valence-corrected chi connectivity index (χ0v) is 15.1. The summed E-state index contributed by atoms with van der Waals surface area (Å²) in [6, 6.07) is 2.13. The first-order valence-corrected chi connectivity index (χ1v) is 9.57. The van der Waals surface area contributed by atoms with Gasteiger partial charge in [0, 0.05) is 12.6 Å². The second-order valence-electron chi connectivity index (χ2n) is 5.73. The van der Waals surface area contributed by atoms with Crippen LogP contribution in [0.5, 0.6) is 0 Å². The van der Waals surface area contributed by atoms with Gasteiger partial charge in [-0.05, 0) is 36.3 Å². The van der Waals surface area contributed by atoms with Gasteiger partial charge in [-0.25, -0.2) is 4.57 Å². The number of thioether (sulfide) groups is 1. The van der Waals surface area contributed by atoms with Crippen LogP contribution in [0.15, 0.2) is 11.2 Å². The second kappa shape index (κ2) is 10.9. The third-order valence-corrected chi connectivity index (χ3v) is 4.63. The highest BCUT2D eigenvalue weighted by molar-refractivity contribution is 7.98. The zero-order chi connectivity index (χ0) is 15.5. The van der Waals surface area contributed by atoms with E-state index in [1.165, 1.54) is 57.1 Å². The molecule has 1 heterocycles. The summed E-state index contributed by atoms with van der Waals surface area (Å²) in [5, 5.41) is 4.52. The number of aromatic nitrogens is 2. The van der Waals surface area contributed by atoms with Crippen LogP contribution >= 0.6 is 11.8 Å². The fourth-order valence-electron chi connectivity index (χ4n) is 2.40. The largest absolute Gasteiger partial charge is 0.361 e. The van der Waals surface area contributed by atoms with Gasteiger partial charge in [-0.2, -0.15) is 0 Å². The molecule has 1 aromatic heterocycles. The molecule has 1 aromatic rings. The second-order valence-corrected chi connectivity index (χ2v) is 6.50. The van der Waals surface area contributed by atoms with Crippen molar-refractivity contribution in [3.8, 4) is 0 Å². The van der Waals surface area contributed by atoms with Gasteiger partial charge in [-0.1, -0.05) is 51.9 Å². The van der Waals surface area contributed by atoms with Gasteiger partial charge in [0.2, 0.25) is 5.82 Å². The van der Waals surface area contributed by atoms with Gasteiger partial charge in [-0.3, -0.25) is 0 Å². The Kier molecular flexibility index (Phi) is 9.48. The third kappa shape index (κ3) is 7.16. The predicted molar refractivity (Wildman–Crippen MR) is 93.0 cm³/mol. The van der Waals surface area contributed by atoms with Crippen LogP contribution < -0.4 is 9.88 Å². The van der Waals surface area contributed by atoms with Crippen LogP contribution in [0.3, 0.4) is 0 Å². The lowest BCUT2D eigenvalue weighted by atomic mass is 10.1. The molecule has 0 spiro atoms. The van der Waals surface area contributed by atoms with E-state index in [2.05, 4.69) is 48.1 Å². The van der Waals surface area contributed by atoms with Crippen molar-refractivity contribution >= 4 is 17.6 Å². The number of unbranched alkanes of at least 4 members (excludes halogenated alkanes) is 7. The number of nitrogens with one attached hydrogen (secondary N) is 1. The van der Waals surface area contributed by atoms with Crippen LogP contribution in [0.2, 0.25) is 0 Å². The van der Waals surface area contributed by atoms with Gasteiger partial charge in [0.15, 0.2) is 0 Å². The Hall–Kier alpha value is -0.770. The van der Waals surface area contributed by atoms with Crippen LogP contribution in [0.4, 0.5) is 5.82 Å². The predicted octanol–water partition coefficient (Wildman–Crippen LogP) is 4.49. The van der Waals surface area contributed by atoms with E-state index in [-0.39, 0.29) is 0 Å². The maximum Gasteiger partial charge on any atom is 0.361 e. The Morgan fingerprint density at radius 1 is 1.10 bits per heavy atom. The molecule has 0 aromatic carbocycles. The lowest BCUT2D eigenvalue weighted by Crippen LogP contribution is -2.36. The van der Waals surface area contributed by atoms with Gasteiger partial charge in [0.25, 0.3) is 0 Å². The van der Waals surface area contributed by atoms with Crippen molar-refractivity contribution in [1.82, 2.24) is 4.98 Å². The smallest absolute Gasteiger partial charge is 0.349 e. The molecule has 120 valence electrons. The summed E-state index contributed by atoms with van der Waals surface area (Å²) in [5.74, 6) is 1.01. The topological polar surface area (TPSA) is 28.8 Å². The van der Waals surface area contributed by atoms with E-state index in [1.807, 2.05) is 0 Å². The normalized spacial score (nSPS) is 10.9. The molecule has 0 aliphatic heterocycles. The van der Waals surface area contributed by atoms with Crippen LogP contribution in [-0.2, 0) is 7.05 Å². The van der Waals surface area contributed by atoms with Gasteiger partial charge in [-0.15, -0.1) is 0 Å². The van der Waals surface area contributed by atoms with E-state index in [4.69, 9.17) is 0 Å². The first kappa shape index (κ1) is 18.3. The SMILES string of the molecule is CCCCCCCCCCNc1cc(C)[n+](C)c(SC)n1. The standard InChI is InChI=1S/C17H31N3S/c1-5-6-7-8-9-10-11-12-13-18-16-14-15(2)20(3)17(19-16)21-4/h14H,5-13H2,1-4H3/p+1. The maximum atomic E-state index is 4.63. The van der Waals surface area contributed by atoms with Crippen molar-refractivity contribution in [3.63, 3.8) is 0 Å². The van der Waals surface area contributed by atoms with E-state index >= 15 is 0 Å². The lowest BCUT2D eigenvalue weighted by Gasteiger charge is -2.05. The summed E-state index contributed by atoms with van der Waals surface area (Å²) in [7, 11) is 2.07. The van der Waals surface area contributed by atoms with Gasteiger partial charge < -0.3 is 5.32 Å². The number of aryl methyl sites for hydroxylation is 1. The summed E-state index contributed by atoms with van der Waals surface area (Å²) < 4.78 is 2.13. The molecule has 3 nitrogen and oxygen atoms in total. The maximum absolute atomic E-state index is 4.63. The van der Waals surface area contributed by atoms with Crippen molar-refractivity contribution in [2.24, 2.45) is 7.05 Å². The Labute approximate surface area is 134 Å². The minimum Gasteiger partial charge on any atom is -0.349 e. The molecule has 0 unspecified atom stereocenters. The van der Waals surface area contributed by atoms with Gasteiger partial charge in [0.1, 0.15) is 5.69 Å². The first-order chi connectivity index (χ1) is 10.2. The molecular formula is C17H32N3S+. The van der Waals surface area contributed by atoms with Crippen LogP contribution in [0.25, 0.3) is 0 Å². The first-order valence-electron chi connectivity index (χ1n) is 8.34. The monoisotopic (exact) mass is 310 g/mol. The average molecular weight is 311 g/mol. The van der Waals surface area contributed by atoms with Crippen LogP contribution in [0, 0.1) is 6.92 Å². The molecule has 21 heavy (non-hydrogen) atoms. The average Bonchev–Trinajstić information content (AvgIpc) is 2.48. The lowest BCUT2D eigenvalue weighted by molar-refractivity contribution is -0.718. The minimum atomic E-state index is 1.01. The molecule has 0 aliphatic rings. The summed E-state index contributed by atoms with van der Waals surface area (Å²) in [4.78, 5) is 4.63. The zero-order valence-electron chi connectivity index (χ0n) is 14.2. The number of hydrogen-bond donors (Lipinski definition) is 1. The Morgan fingerprint density at radius 3 is 2.33 bits per heavy atom. The van der Waals surface area contributed by atoms with E-state index < -0.39 is 0 Å². The Morgan fingerprint density at radius 2 is 1.71 bits per heavy atom. The molecule has 0 radical (unpaired) electrons. The number of nitrogens with zero attached hydrogens (tertiary/aromatic N) is 2. The molecule has 0 amide bonds. The molecule has 4 heteroatoms. The van der Waals surface area contributed by atoms with Crippen molar-refractivity contribution < 1.29 is 4.57 Å². The van der Waals surface area contributed by atoms with Crippen molar-refractivity contribution in [2.45, 2.75) is 70.4 Å². The molecule has 1 N–H and O–H groups in total. The quantitative estimate of drug-likeness (QED) is 0.282. The molecule has 0 saturated carbocycles. The van der Waals surface area contributed by atoms with Crippen LogP contribution in [-0.4, -0.2) is 17.8 Å². The van der Waals surface area contributed by atoms with Crippen molar-refractivity contribution in [1.29, 1.82) is 0 Å². The van der Waals surface area contributed by atoms with Crippen molar-refractivity contribution in [3.05, 3.63) is 11.8 Å². The fraction of sp³-hybridized carbons (Fsp3) is 0.765.